The molecule has 0 aliphatic rings. The second-order valence-electron chi connectivity index (χ2n) is 4.73. The van der Waals surface area contributed by atoms with E-state index in [9.17, 15) is 0 Å². The molecule has 0 radical (unpaired) electrons. The molecule has 1 aromatic rings. The highest BCUT2D eigenvalue weighted by Crippen LogP contribution is 2.23. The van der Waals surface area contributed by atoms with Crippen LogP contribution in [0.5, 0.6) is 0 Å². The van der Waals surface area contributed by atoms with E-state index in [0.29, 0.717) is 18.4 Å². The van der Waals surface area contributed by atoms with Crippen molar-refractivity contribution in [1.29, 1.82) is 5.26 Å². The number of nitriles is 1. The van der Waals surface area contributed by atoms with Crippen molar-refractivity contribution >= 4 is 0 Å². The van der Waals surface area contributed by atoms with Gasteiger partial charge >= 0.3 is 0 Å². The van der Waals surface area contributed by atoms with Crippen molar-refractivity contribution in [3.8, 4) is 6.07 Å². The maximum atomic E-state index is 8.37. The van der Waals surface area contributed by atoms with E-state index in [0.717, 1.165) is 6.42 Å². The van der Waals surface area contributed by atoms with Crippen LogP contribution in [0.1, 0.15) is 50.2 Å². The number of hydrogen-bond acceptors (Lipinski definition) is 2. The van der Waals surface area contributed by atoms with Gasteiger partial charge in [-0.3, -0.25) is 0 Å². The Kier molecular flexibility index (Phi) is 5.72. The third-order valence-electron chi connectivity index (χ3n) is 3.01. The zero-order valence-electron chi connectivity index (χ0n) is 10.9. The molecule has 2 heteroatoms. The molecule has 1 aromatic carbocycles. The van der Waals surface area contributed by atoms with Crippen LogP contribution in [0.2, 0.25) is 0 Å². The average Bonchev–Trinajstić information content (AvgIpc) is 2.34. The summed E-state index contributed by atoms with van der Waals surface area (Å²) in [5.41, 5.74) is 2.74. The second-order valence-corrected chi connectivity index (χ2v) is 4.73. The highest BCUT2D eigenvalue weighted by atomic mass is 16.5. The largest absolute Gasteiger partial charge is 0.367 e. The van der Waals surface area contributed by atoms with Crippen LogP contribution in [-0.2, 0) is 4.74 Å². The summed E-state index contributed by atoms with van der Waals surface area (Å²) in [6, 6.07) is 10.7. The minimum atomic E-state index is 0.193. The molecule has 2 nitrogen and oxygen atoms in total. The van der Waals surface area contributed by atoms with E-state index in [1.165, 1.54) is 11.1 Å². The highest BCUT2D eigenvalue weighted by molar-refractivity contribution is 5.27. The van der Waals surface area contributed by atoms with Crippen LogP contribution in [0.15, 0.2) is 24.3 Å². The normalized spacial score (nSPS) is 12.4. The number of ether oxygens (including phenoxy) is 1. The lowest BCUT2D eigenvalue weighted by molar-refractivity contribution is 0.158. The van der Waals surface area contributed by atoms with Gasteiger partial charge < -0.3 is 4.74 Å². The Morgan fingerprint density at radius 1 is 1.24 bits per heavy atom. The molecule has 0 saturated carbocycles. The summed E-state index contributed by atoms with van der Waals surface area (Å²) >= 11 is 0. The van der Waals surface area contributed by atoms with Gasteiger partial charge in [0, 0.05) is 6.61 Å². The molecule has 0 N–H and O–H groups in total. The van der Waals surface area contributed by atoms with Gasteiger partial charge in [-0.05, 0) is 29.4 Å². The lowest BCUT2D eigenvalue weighted by Gasteiger charge is -2.14. The molecule has 1 rings (SSSR count). The van der Waals surface area contributed by atoms with Gasteiger partial charge in [0.05, 0.1) is 6.07 Å². The van der Waals surface area contributed by atoms with Gasteiger partial charge in [-0.1, -0.05) is 45.0 Å². The molecule has 1 unspecified atom stereocenters. The first-order chi connectivity index (χ1) is 8.15. The van der Waals surface area contributed by atoms with Crippen molar-refractivity contribution in [2.24, 2.45) is 0 Å². The molecule has 0 spiro atoms. The van der Waals surface area contributed by atoms with E-state index in [4.69, 9.17) is 10.00 Å². The van der Waals surface area contributed by atoms with Crippen molar-refractivity contribution < 1.29 is 4.74 Å². The number of hydrogen-bond donors (Lipinski definition) is 0. The van der Waals surface area contributed by atoms with Crippen LogP contribution in [0, 0.1) is 11.3 Å². The van der Waals surface area contributed by atoms with Gasteiger partial charge in [-0.15, -0.1) is 0 Å². The molecule has 0 aromatic heterocycles. The molecular formula is C15H21NO. The first kappa shape index (κ1) is 13.7. The van der Waals surface area contributed by atoms with Gasteiger partial charge in [0.15, 0.2) is 0 Å². The van der Waals surface area contributed by atoms with E-state index in [2.05, 4.69) is 45.0 Å². The Labute approximate surface area is 104 Å². The van der Waals surface area contributed by atoms with E-state index < -0.39 is 0 Å². The van der Waals surface area contributed by atoms with Crippen molar-refractivity contribution in [1.82, 2.24) is 0 Å². The molecule has 0 fully saturated rings. The highest BCUT2D eigenvalue weighted by Gasteiger charge is 2.07. The third-order valence-corrected chi connectivity index (χ3v) is 3.01. The van der Waals surface area contributed by atoms with Crippen LogP contribution in [0.25, 0.3) is 0 Å². The van der Waals surface area contributed by atoms with E-state index >= 15 is 0 Å². The Morgan fingerprint density at radius 2 is 1.94 bits per heavy atom. The summed E-state index contributed by atoms with van der Waals surface area (Å²) in [6.07, 6.45) is 0.962. The predicted molar refractivity (Wildman–Crippen MR) is 70.0 cm³/mol. The summed E-state index contributed by atoms with van der Waals surface area (Å²) < 4.78 is 5.19. The zero-order valence-corrected chi connectivity index (χ0v) is 10.9. The quantitative estimate of drug-likeness (QED) is 0.697. The molecule has 1 atom stereocenters. The average molecular weight is 231 g/mol. The van der Waals surface area contributed by atoms with E-state index in [1.54, 1.807) is 0 Å². The molecular weight excluding hydrogens is 210 g/mol. The summed E-state index contributed by atoms with van der Waals surface area (Å²) in [5.74, 6) is 1.05. The Hall–Kier alpha value is -1.33. The predicted octanol–water partition coefficient (Wildman–Crippen LogP) is 3.84. The first-order valence-electron chi connectivity index (χ1n) is 6.19. The van der Waals surface area contributed by atoms with Crippen LogP contribution < -0.4 is 0 Å². The van der Waals surface area contributed by atoms with Crippen molar-refractivity contribution in [3.63, 3.8) is 0 Å². The van der Waals surface area contributed by atoms with Gasteiger partial charge in [0.2, 0.25) is 0 Å². The third kappa shape index (κ3) is 4.58. The van der Waals surface area contributed by atoms with Crippen LogP contribution >= 0.6 is 0 Å². The molecule has 0 bridgehead atoms. The molecule has 0 saturated heterocycles. The summed E-state index contributed by atoms with van der Waals surface area (Å²) in [7, 11) is 0. The Balaban J connectivity index is 2.54. The number of rotatable bonds is 6. The van der Waals surface area contributed by atoms with Gasteiger partial charge in [-0.25, -0.2) is 0 Å². The van der Waals surface area contributed by atoms with Crippen molar-refractivity contribution in [2.75, 3.05) is 13.2 Å². The van der Waals surface area contributed by atoms with Crippen LogP contribution in [0.3, 0.4) is 0 Å². The fourth-order valence-corrected chi connectivity index (χ4v) is 1.77. The SMILES string of the molecule is CC(C)c1cccc(C(C)CCOCC#N)c1. The minimum Gasteiger partial charge on any atom is -0.367 e. The fourth-order valence-electron chi connectivity index (χ4n) is 1.77. The summed E-state index contributed by atoms with van der Waals surface area (Å²) in [6.45, 7) is 7.47. The minimum absolute atomic E-state index is 0.193. The topological polar surface area (TPSA) is 33.0 Å². The van der Waals surface area contributed by atoms with Crippen molar-refractivity contribution in [2.45, 2.75) is 39.0 Å². The monoisotopic (exact) mass is 231 g/mol. The lowest BCUT2D eigenvalue weighted by atomic mass is 9.93. The maximum absolute atomic E-state index is 8.37. The van der Waals surface area contributed by atoms with Gasteiger partial charge in [-0.2, -0.15) is 5.26 Å². The van der Waals surface area contributed by atoms with Crippen molar-refractivity contribution in [3.05, 3.63) is 35.4 Å². The van der Waals surface area contributed by atoms with E-state index in [-0.39, 0.29) is 6.61 Å². The van der Waals surface area contributed by atoms with Gasteiger partial charge in [0.25, 0.3) is 0 Å². The molecule has 0 aliphatic heterocycles. The summed E-state index contributed by atoms with van der Waals surface area (Å²) in [4.78, 5) is 0. The van der Waals surface area contributed by atoms with Gasteiger partial charge in [0.1, 0.15) is 6.61 Å². The molecule has 0 amide bonds. The standard InChI is InChI=1S/C15H21NO/c1-12(2)14-5-4-6-15(11-14)13(3)7-9-17-10-8-16/h4-6,11-13H,7,9-10H2,1-3H3. The molecule has 92 valence electrons. The Morgan fingerprint density at radius 3 is 2.59 bits per heavy atom. The fraction of sp³-hybridized carbons (Fsp3) is 0.533. The maximum Gasteiger partial charge on any atom is 0.133 e. The zero-order chi connectivity index (χ0) is 12.7. The number of benzene rings is 1. The molecule has 17 heavy (non-hydrogen) atoms. The van der Waals surface area contributed by atoms with E-state index in [1.807, 2.05) is 6.07 Å². The van der Waals surface area contributed by atoms with Crippen LogP contribution in [-0.4, -0.2) is 13.2 Å². The molecule has 0 heterocycles. The first-order valence-corrected chi connectivity index (χ1v) is 6.19. The van der Waals surface area contributed by atoms with Crippen LogP contribution in [0.4, 0.5) is 0 Å². The lowest BCUT2D eigenvalue weighted by Crippen LogP contribution is -2.02. The number of nitrogens with zero attached hydrogens (tertiary/aromatic N) is 1. The second kappa shape index (κ2) is 7.09. The smallest absolute Gasteiger partial charge is 0.133 e. The Bertz CT molecular complexity index is 379. The summed E-state index contributed by atoms with van der Waals surface area (Å²) in [5, 5.41) is 8.37. The molecule has 0 aliphatic carbocycles.